The SMILES string of the molecule is C#CCNC1(C(=O)OC)CCN(CC(C)C)CC1. The Balaban J connectivity index is 2.61. The predicted molar refractivity (Wildman–Crippen MR) is 72.1 cm³/mol. The van der Waals surface area contributed by atoms with E-state index in [1.54, 1.807) is 0 Å². The second kappa shape index (κ2) is 6.77. The molecule has 0 unspecified atom stereocenters. The fraction of sp³-hybridized carbons (Fsp3) is 0.786. The summed E-state index contributed by atoms with van der Waals surface area (Å²) in [5.41, 5.74) is -0.589. The van der Waals surface area contributed by atoms with Crippen LogP contribution >= 0.6 is 0 Å². The number of hydrogen-bond acceptors (Lipinski definition) is 4. The van der Waals surface area contributed by atoms with Gasteiger partial charge in [-0.05, 0) is 18.8 Å². The third-order valence-electron chi connectivity index (χ3n) is 3.44. The molecule has 1 aliphatic rings. The lowest BCUT2D eigenvalue weighted by molar-refractivity contribution is -0.150. The molecule has 1 heterocycles. The van der Waals surface area contributed by atoms with Gasteiger partial charge in [0.15, 0.2) is 0 Å². The number of nitrogens with one attached hydrogen (secondary N) is 1. The van der Waals surface area contributed by atoms with E-state index in [0.717, 1.165) is 32.5 Å². The van der Waals surface area contributed by atoms with Gasteiger partial charge in [0.1, 0.15) is 5.54 Å². The first kappa shape index (κ1) is 15.0. The van der Waals surface area contributed by atoms with Gasteiger partial charge in [-0.2, -0.15) is 0 Å². The van der Waals surface area contributed by atoms with Gasteiger partial charge >= 0.3 is 5.97 Å². The molecule has 0 atom stereocenters. The molecule has 0 aromatic carbocycles. The second-order valence-electron chi connectivity index (χ2n) is 5.33. The molecule has 0 aliphatic carbocycles. The Morgan fingerprint density at radius 3 is 2.56 bits per heavy atom. The van der Waals surface area contributed by atoms with Gasteiger partial charge in [-0.15, -0.1) is 6.42 Å². The number of likely N-dealkylation sites (tertiary alicyclic amines) is 1. The summed E-state index contributed by atoms with van der Waals surface area (Å²) in [7, 11) is 1.43. The summed E-state index contributed by atoms with van der Waals surface area (Å²) in [6.45, 7) is 7.71. The zero-order valence-electron chi connectivity index (χ0n) is 11.7. The standard InChI is InChI=1S/C14H24N2O2/c1-5-8-15-14(13(17)18-4)6-9-16(10-7-14)11-12(2)3/h1,12,15H,6-11H2,2-4H3. The fourth-order valence-corrected chi connectivity index (χ4v) is 2.50. The van der Waals surface area contributed by atoms with Crippen molar-refractivity contribution in [3.63, 3.8) is 0 Å². The van der Waals surface area contributed by atoms with Gasteiger partial charge in [-0.25, -0.2) is 0 Å². The summed E-state index contributed by atoms with van der Waals surface area (Å²) in [6, 6.07) is 0. The van der Waals surface area contributed by atoms with Gasteiger partial charge in [0.05, 0.1) is 13.7 Å². The topological polar surface area (TPSA) is 41.6 Å². The number of terminal acetylenes is 1. The molecule has 4 nitrogen and oxygen atoms in total. The van der Waals surface area contributed by atoms with Crippen LogP contribution < -0.4 is 5.32 Å². The molecule has 1 fully saturated rings. The van der Waals surface area contributed by atoms with Crippen molar-refractivity contribution in [3.05, 3.63) is 0 Å². The predicted octanol–water partition coefficient (Wildman–Crippen LogP) is 0.873. The normalized spacial score (nSPS) is 19.5. The minimum atomic E-state index is -0.589. The quantitative estimate of drug-likeness (QED) is 0.582. The van der Waals surface area contributed by atoms with E-state index in [1.165, 1.54) is 7.11 Å². The first-order valence-corrected chi connectivity index (χ1v) is 6.53. The number of esters is 1. The maximum atomic E-state index is 12.0. The highest BCUT2D eigenvalue weighted by molar-refractivity contribution is 5.81. The largest absolute Gasteiger partial charge is 0.468 e. The lowest BCUT2D eigenvalue weighted by atomic mass is 9.87. The Hall–Kier alpha value is -1.05. The molecule has 4 heteroatoms. The molecule has 0 saturated carbocycles. The number of methoxy groups -OCH3 is 1. The van der Waals surface area contributed by atoms with E-state index in [2.05, 4.69) is 30.0 Å². The van der Waals surface area contributed by atoms with Gasteiger partial charge in [0.2, 0.25) is 0 Å². The van der Waals surface area contributed by atoms with Crippen LogP contribution in [0.4, 0.5) is 0 Å². The molecule has 0 spiro atoms. The first-order valence-electron chi connectivity index (χ1n) is 6.53. The van der Waals surface area contributed by atoms with Crippen LogP contribution in [0, 0.1) is 18.3 Å². The van der Waals surface area contributed by atoms with Crippen molar-refractivity contribution in [2.75, 3.05) is 33.3 Å². The number of nitrogens with zero attached hydrogens (tertiary/aromatic N) is 1. The Labute approximate surface area is 110 Å². The van der Waals surface area contributed by atoms with Crippen molar-refractivity contribution in [2.24, 2.45) is 5.92 Å². The molecule has 18 heavy (non-hydrogen) atoms. The number of carbonyl (C=O) groups is 1. The zero-order valence-corrected chi connectivity index (χ0v) is 11.7. The van der Waals surface area contributed by atoms with E-state index in [1.807, 2.05) is 0 Å². The Morgan fingerprint density at radius 2 is 2.11 bits per heavy atom. The number of carbonyl (C=O) groups excluding carboxylic acids is 1. The summed E-state index contributed by atoms with van der Waals surface area (Å²) in [6.07, 6.45) is 6.78. The molecule has 0 bridgehead atoms. The summed E-state index contributed by atoms with van der Waals surface area (Å²) in [5.74, 6) is 2.98. The van der Waals surface area contributed by atoms with E-state index in [-0.39, 0.29) is 5.97 Å². The molecule has 0 aromatic rings. The molecule has 1 N–H and O–H groups in total. The van der Waals surface area contributed by atoms with Gasteiger partial charge in [-0.3, -0.25) is 10.1 Å². The maximum absolute atomic E-state index is 12.0. The third kappa shape index (κ3) is 3.72. The van der Waals surface area contributed by atoms with E-state index in [9.17, 15) is 4.79 Å². The van der Waals surface area contributed by atoms with E-state index >= 15 is 0 Å². The van der Waals surface area contributed by atoms with Gasteiger partial charge in [0, 0.05) is 19.6 Å². The minimum absolute atomic E-state index is 0.193. The third-order valence-corrected chi connectivity index (χ3v) is 3.44. The number of rotatable bonds is 5. The molecule has 0 radical (unpaired) electrons. The van der Waals surface area contributed by atoms with Crippen molar-refractivity contribution in [1.82, 2.24) is 10.2 Å². The van der Waals surface area contributed by atoms with E-state index in [4.69, 9.17) is 11.2 Å². The number of ether oxygens (including phenoxy) is 1. The van der Waals surface area contributed by atoms with Crippen molar-refractivity contribution < 1.29 is 9.53 Å². The molecule has 0 aromatic heterocycles. The molecule has 0 amide bonds. The Morgan fingerprint density at radius 1 is 1.50 bits per heavy atom. The van der Waals surface area contributed by atoms with E-state index in [0.29, 0.717) is 12.5 Å². The van der Waals surface area contributed by atoms with Crippen LogP contribution in [0.15, 0.2) is 0 Å². The van der Waals surface area contributed by atoms with Crippen molar-refractivity contribution in [3.8, 4) is 12.3 Å². The van der Waals surface area contributed by atoms with Crippen LogP contribution in [0.25, 0.3) is 0 Å². The highest BCUT2D eigenvalue weighted by Crippen LogP contribution is 2.24. The first-order chi connectivity index (χ1) is 8.54. The average molecular weight is 252 g/mol. The molecular formula is C14H24N2O2. The van der Waals surface area contributed by atoms with Crippen molar-refractivity contribution in [2.45, 2.75) is 32.2 Å². The van der Waals surface area contributed by atoms with Crippen molar-refractivity contribution >= 4 is 5.97 Å². The molecule has 1 saturated heterocycles. The molecule has 102 valence electrons. The molecule has 1 rings (SSSR count). The van der Waals surface area contributed by atoms with Gasteiger partial charge in [-0.1, -0.05) is 19.8 Å². The van der Waals surface area contributed by atoms with Crippen LogP contribution in [0.1, 0.15) is 26.7 Å². The number of piperidine rings is 1. The van der Waals surface area contributed by atoms with Crippen molar-refractivity contribution in [1.29, 1.82) is 0 Å². The Bertz CT molecular complexity index is 312. The number of hydrogen-bond donors (Lipinski definition) is 1. The highest BCUT2D eigenvalue weighted by Gasteiger charge is 2.41. The monoisotopic (exact) mass is 252 g/mol. The smallest absolute Gasteiger partial charge is 0.326 e. The van der Waals surface area contributed by atoms with Crippen LogP contribution in [0.2, 0.25) is 0 Å². The van der Waals surface area contributed by atoms with Gasteiger partial charge < -0.3 is 9.64 Å². The minimum Gasteiger partial charge on any atom is -0.468 e. The summed E-state index contributed by atoms with van der Waals surface area (Å²) < 4.78 is 4.92. The second-order valence-corrected chi connectivity index (χ2v) is 5.33. The summed E-state index contributed by atoms with van der Waals surface area (Å²) in [4.78, 5) is 14.3. The summed E-state index contributed by atoms with van der Waals surface area (Å²) in [5, 5.41) is 3.17. The average Bonchev–Trinajstić information content (AvgIpc) is 2.36. The zero-order chi connectivity index (χ0) is 13.6. The van der Waals surface area contributed by atoms with Gasteiger partial charge in [0.25, 0.3) is 0 Å². The van der Waals surface area contributed by atoms with Crippen LogP contribution in [-0.4, -0.2) is 49.7 Å². The van der Waals surface area contributed by atoms with Crippen LogP contribution in [0.5, 0.6) is 0 Å². The lowest BCUT2D eigenvalue weighted by Gasteiger charge is -2.40. The summed E-state index contributed by atoms with van der Waals surface area (Å²) >= 11 is 0. The Kier molecular flexibility index (Phi) is 5.64. The highest BCUT2D eigenvalue weighted by atomic mass is 16.5. The van der Waals surface area contributed by atoms with Crippen LogP contribution in [0.3, 0.4) is 0 Å². The molecular weight excluding hydrogens is 228 g/mol. The van der Waals surface area contributed by atoms with E-state index < -0.39 is 5.54 Å². The molecule has 1 aliphatic heterocycles. The van der Waals surface area contributed by atoms with Crippen LogP contribution in [-0.2, 0) is 9.53 Å². The fourth-order valence-electron chi connectivity index (χ4n) is 2.50. The lowest BCUT2D eigenvalue weighted by Crippen LogP contribution is -2.59. The maximum Gasteiger partial charge on any atom is 0.326 e.